The number of nitrogens with one attached hydrogen (secondary N) is 2. The van der Waals surface area contributed by atoms with Gasteiger partial charge in [0, 0.05) is 50.9 Å². The first-order valence-electron chi connectivity index (χ1n) is 8.84. The van der Waals surface area contributed by atoms with Crippen LogP contribution < -0.4 is 10.9 Å². The fraction of sp³-hybridized carbons (Fsp3) is 0.706. The van der Waals surface area contributed by atoms with Crippen LogP contribution in [0.2, 0.25) is 0 Å². The lowest BCUT2D eigenvalue weighted by Gasteiger charge is -2.36. The van der Waals surface area contributed by atoms with Crippen molar-refractivity contribution < 1.29 is 4.79 Å². The molecule has 7 heteroatoms. The third-order valence-electron chi connectivity index (χ3n) is 5.04. The maximum absolute atomic E-state index is 12.2. The minimum Gasteiger partial charge on any atom is -0.352 e. The molecule has 2 fully saturated rings. The van der Waals surface area contributed by atoms with E-state index in [9.17, 15) is 9.59 Å². The van der Waals surface area contributed by atoms with E-state index in [-0.39, 0.29) is 17.0 Å². The minimum absolute atomic E-state index is 0.103. The summed E-state index contributed by atoms with van der Waals surface area (Å²) in [5, 5.41) is 2.85. The highest BCUT2D eigenvalue weighted by Gasteiger charge is 2.26. The Morgan fingerprint density at radius 2 is 2.08 bits per heavy atom. The lowest BCUT2D eigenvalue weighted by molar-refractivity contribution is 0.0933. The van der Waals surface area contributed by atoms with E-state index in [4.69, 9.17) is 0 Å². The Kier molecular flexibility index (Phi) is 5.30. The second-order valence-electron chi connectivity index (χ2n) is 7.02. The van der Waals surface area contributed by atoms with Crippen LogP contribution in [0.5, 0.6) is 0 Å². The first-order chi connectivity index (χ1) is 11.5. The zero-order chi connectivity index (χ0) is 17.1. The maximum atomic E-state index is 12.2. The molecule has 24 heavy (non-hydrogen) atoms. The number of aromatic nitrogens is 2. The standard InChI is InChI=1S/C17H27N5O2/c1-12(22-9-7-21(2)8-10-22)5-6-18-16(23)14-11-19-15(13-3-4-13)20-17(14)24/h11-13H,3-10H2,1-2H3,(H,18,23)(H,19,20,24)/t12-/m1/s1. The third kappa shape index (κ3) is 4.21. The van der Waals surface area contributed by atoms with E-state index in [2.05, 4.69) is 39.1 Å². The Hall–Kier alpha value is -1.73. The summed E-state index contributed by atoms with van der Waals surface area (Å²) in [6.07, 6.45) is 4.42. The molecule has 3 rings (SSSR count). The van der Waals surface area contributed by atoms with Gasteiger partial charge in [0.05, 0.1) is 0 Å². The molecular formula is C17H27N5O2. The van der Waals surface area contributed by atoms with Crippen LogP contribution in [-0.4, -0.2) is 71.5 Å². The van der Waals surface area contributed by atoms with Crippen molar-refractivity contribution in [2.75, 3.05) is 39.8 Å². The number of H-pyrrole nitrogens is 1. The summed E-state index contributed by atoms with van der Waals surface area (Å²) in [5.74, 6) is 0.746. The fourth-order valence-corrected chi connectivity index (χ4v) is 3.07. The molecule has 2 heterocycles. The molecular weight excluding hydrogens is 306 g/mol. The molecule has 0 spiro atoms. The summed E-state index contributed by atoms with van der Waals surface area (Å²) in [6.45, 7) is 7.07. The number of amides is 1. The van der Waals surface area contributed by atoms with Gasteiger partial charge < -0.3 is 15.2 Å². The number of hydrogen-bond donors (Lipinski definition) is 2. The van der Waals surface area contributed by atoms with Gasteiger partial charge in [-0.05, 0) is 33.2 Å². The Morgan fingerprint density at radius 1 is 1.38 bits per heavy atom. The lowest BCUT2D eigenvalue weighted by atomic mass is 10.1. The number of carbonyl (C=O) groups is 1. The van der Waals surface area contributed by atoms with Gasteiger partial charge in [0.1, 0.15) is 11.4 Å². The van der Waals surface area contributed by atoms with E-state index in [0.29, 0.717) is 24.3 Å². The van der Waals surface area contributed by atoms with Gasteiger partial charge in [0.25, 0.3) is 11.5 Å². The van der Waals surface area contributed by atoms with Crippen LogP contribution in [-0.2, 0) is 0 Å². The van der Waals surface area contributed by atoms with Crippen LogP contribution in [0.1, 0.15) is 48.3 Å². The predicted molar refractivity (Wildman–Crippen MR) is 92.3 cm³/mol. The number of piperazine rings is 1. The molecule has 2 N–H and O–H groups in total. The number of hydrogen-bond acceptors (Lipinski definition) is 5. The summed E-state index contributed by atoms with van der Waals surface area (Å²) >= 11 is 0. The molecule has 0 bridgehead atoms. The van der Waals surface area contributed by atoms with Gasteiger partial charge >= 0.3 is 0 Å². The highest BCUT2D eigenvalue weighted by atomic mass is 16.2. The monoisotopic (exact) mass is 333 g/mol. The van der Waals surface area contributed by atoms with Crippen molar-refractivity contribution in [3.63, 3.8) is 0 Å². The minimum atomic E-state index is -0.337. The topological polar surface area (TPSA) is 81.3 Å². The molecule has 2 aliphatic rings. The fourth-order valence-electron chi connectivity index (χ4n) is 3.07. The molecule has 1 aliphatic heterocycles. The summed E-state index contributed by atoms with van der Waals surface area (Å²) in [5.41, 5.74) is -0.233. The normalized spacial score (nSPS) is 20.8. The predicted octanol–water partition coefficient (Wildman–Crippen LogP) is 0.403. The van der Waals surface area contributed by atoms with Crippen LogP contribution in [0.3, 0.4) is 0 Å². The number of nitrogens with zero attached hydrogens (tertiary/aromatic N) is 3. The number of aromatic amines is 1. The third-order valence-corrected chi connectivity index (χ3v) is 5.04. The van der Waals surface area contributed by atoms with Gasteiger partial charge in [0.2, 0.25) is 0 Å². The van der Waals surface area contributed by atoms with E-state index < -0.39 is 0 Å². The van der Waals surface area contributed by atoms with E-state index in [0.717, 1.165) is 45.4 Å². The molecule has 1 atom stereocenters. The number of rotatable bonds is 6. The Bertz CT molecular complexity index is 632. The Labute approximate surface area is 142 Å². The maximum Gasteiger partial charge on any atom is 0.263 e. The zero-order valence-electron chi connectivity index (χ0n) is 14.5. The van der Waals surface area contributed by atoms with E-state index in [1.54, 1.807) is 0 Å². The first kappa shape index (κ1) is 17.1. The lowest BCUT2D eigenvalue weighted by Crippen LogP contribution is -2.48. The van der Waals surface area contributed by atoms with Crippen LogP contribution in [0.25, 0.3) is 0 Å². The largest absolute Gasteiger partial charge is 0.352 e. The van der Waals surface area contributed by atoms with Crippen LogP contribution in [0, 0.1) is 0 Å². The quantitative estimate of drug-likeness (QED) is 0.788. The molecule has 0 unspecified atom stereocenters. The first-order valence-corrected chi connectivity index (χ1v) is 8.84. The van der Waals surface area contributed by atoms with Gasteiger partial charge in [-0.15, -0.1) is 0 Å². The molecule has 0 radical (unpaired) electrons. The van der Waals surface area contributed by atoms with Crippen molar-refractivity contribution in [2.24, 2.45) is 0 Å². The Balaban J connectivity index is 1.46. The van der Waals surface area contributed by atoms with Crippen molar-refractivity contribution in [3.8, 4) is 0 Å². The van der Waals surface area contributed by atoms with Gasteiger partial charge in [-0.2, -0.15) is 0 Å². The van der Waals surface area contributed by atoms with Crippen molar-refractivity contribution in [2.45, 2.75) is 38.1 Å². The molecule has 1 aliphatic carbocycles. The zero-order valence-corrected chi connectivity index (χ0v) is 14.5. The average Bonchev–Trinajstić information content (AvgIpc) is 3.40. The molecule has 1 saturated carbocycles. The Morgan fingerprint density at radius 3 is 2.71 bits per heavy atom. The van der Waals surface area contributed by atoms with Gasteiger partial charge in [-0.3, -0.25) is 14.5 Å². The summed E-state index contributed by atoms with van der Waals surface area (Å²) in [7, 11) is 2.14. The number of carbonyl (C=O) groups excluding carboxylic acids is 1. The highest BCUT2D eigenvalue weighted by Crippen LogP contribution is 2.37. The van der Waals surface area contributed by atoms with Gasteiger partial charge in [0.15, 0.2) is 0 Å². The van der Waals surface area contributed by atoms with Crippen LogP contribution in [0.15, 0.2) is 11.0 Å². The van der Waals surface area contributed by atoms with Gasteiger partial charge in [-0.25, -0.2) is 4.98 Å². The molecule has 1 aromatic heterocycles. The molecule has 1 amide bonds. The smallest absolute Gasteiger partial charge is 0.263 e. The van der Waals surface area contributed by atoms with Crippen LogP contribution >= 0.6 is 0 Å². The molecule has 132 valence electrons. The molecule has 1 aromatic rings. The van der Waals surface area contributed by atoms with Gasteiger partial charge in [-0.1, -0.05) is 0 Å². The van der Waals surface area contributed by atoms with Crippen LogP contribution in [0.4, 0.5) is 0 Å². The van der Waals surface area contributed by atoms with Crippen molar-refractivity contribution >= 4 is 5.91 Å². The second-order valence-corrected chi connectivity index (χ2v) is 7.02. The molecule has 1 saturated heterocycles. The number of likely N-dealkylation sites (N-methyl/N-ethyl adjacent to an activating group) is 1. The average molecular weight is 333 g/mol. The van der Waals surface area contributed by atoms with Crippen molar-refractivity contribution in [1.82, 2.24) is 25.1 Å². The summed E-state index contributed by atoms with van der Waals surface area (Å²) in [4.78, 5) is 35.9. The second kappa shape index (κ2) is 7.44. The van der Waals surface area contributed by atoms with E-state index in [1.807, 2.05) is 0 Å². The summed E-state index contributed by atoms with van der Waals surface area (Å²) < 4.78 is 0. The highest BCUT2D eigenvalue weighted by molar-refractivity contribution is 5.93. The molecule has 0 aromatic carbocycles. The SMILES string of the molecule is C[C@H](CCNC(=O)c1cnc(C2CC2)[nH]c1=O)N1CCN(C)CC1. The van der Waals surface area contributed by atoms with Crippen molar-refractivity contribution in [3.05, 3.63) is 27.9 Å². The van der Waals surface area contributed by atoms with E-state index in [1.165, 1.54) is 6.20 Å². The molecule has 7 nitrogen and oxygen atoms in total. The van der Waals surface area contributed by atoms with Crippen molar-refractivity contribution in [1.29, 1.82) is 0 Å². The van der Waals surface area contributed by atoms with E-state index >= 15 is 0 Å². The summed E-state index contributed by atoms with van der Waals surface area (Å²) in [6, 6.07) is 0.424.